The van der Waals surface area contributed by atoms with Gasteiger partial charge >= 0.3 is 0 Å². The van der Waals surface area contributed by atoms with Crippen molar-refractivity contribution in [1.82, 2.24) is 19.5 Å². The van der Waals surface area contributed by atoms with Crippen molar-refractivity contribution in [2.75, 3.05) is 19.8 Å². The topological polar surface area (TPSA) is 42.7 Å². The van der Waals surface area contributed by atoms with Gasteiger partial charge in [0, 0.05) is 42.7 Å². The summed E-state index contributed by atoms with van der Waals surface area (Å²) in [5, 5.41) is 4.52. The van der Waals surface area contributed by atoms with Gasteiger partial charge in [0.05, 0.1) is 19.4 Å². The number of benzene rings is 1. The number of hydrogen-bond donors (Lipinski definition) is 0. The lowest BCUT2D eigenvalue weighted by molar-refractivity contribution is -0.0148. The second-order valence-electron chi connectivity index (χ2n) is 6.64. The molecule has 0 amide bonds. The Bertz CT molecular complexity index is 828. The molecule has 1 aliphatic heterocycles. The molecule has 1 fully saturated rings. The highest BCUT2D eigenvalue weighted by Gasteiger charge is 2.22. The van der Waals surface area contributed by atoms with Gasteiger partial charge < -0.3 is 4.74 Å². The molecule has 2 aromatic heterocycles. The summed E-state index contributed by atoms with van der Waals surface area (Å²) in [6.07, 6.45) is 8.35. The van der Waals surface area contributed by atoms with Crippen LogP contribution < -0.4 is 0 Å². The number of fused-ring (bicyclic) bond motifs is 1. The maximum Gasteiger partial charge on any atom is 0.162 e. The maximum absolute atomic E-state index is 5.65. The Hall–Kier alpha value is -2.24. The molecule has 1 atom stereocenters. The lowest BCUT2D eigenvalue weighted by Crippen LogP contribution is -2.44. The zero-order chi connectivity index (χ0) is 17.1. The van der Waals surface area contributed by atoms with Crippen LogP contribution in [0.25, 0.3) is 16.8 Å². The van der Waals surface area contributed by atoms with Crippen molar-refractivity contribution in [3.8, 4) is 11.1 Å². The molecule has 1 aromatic carbocycles. The Morgan fingerprint density at radius 3 is 2.92 bits per heavy atom. The molecule has 0 radical (unpaired) electrons. The molecule has 1 aliphatic rings. The van der Waals surface area contributed by atoms with Crippen LogP contribution in [0.15, 0.2) is 48.9 Å². The van der Waals surface area contributed by atoms with Gasteiger partial charge in [0.15, 0.2) is 5.65 Å². The highest BCUT2D eigenvalue weighted by atomic mass is 16.5. The van der Waals surface area contributed by atoms with E-state index in [1.165, 1.54) is 18.4 Å². The Balaban J connectivity index is 1.58. The van der Waals surface area contributed by atoms with Crippen molar-refractivity contribution < 1.29 is 4.74 Å². The van der Waals surface area contributed by atoms with Gasteiger partial charge in [-0.05, 0) is 12.0 Å². The van der Waals surface area contributed by atoms with Crippen molar-refractivity contribution in [3.63, 3.8) is 0 Å². The molecular formula is C20H24N4O. The predicted molar refractivity (Wildman–Crippen MR) is 98.3 cm³/mol. The van der Waals surface area contributed by atoms with Gasteiger partial charge in [-0.2, -0.15) is 5.10 Å². The van der Waals surface area contributed by atoms with Crippen LogP contribution in [-0.2, 0) is 11.3 Å². The fourth-order valence-electron chi connectivity index (χ4n) is 3.55. The fraction of sp³-hybridized carbons (Fsp3) is 0.400. The number of rotatable bonds is 5. The van der Waals surface area contributed by atoms with E-state index in [4.69, 9.17) is 9.72 Å². The van der Waals surface area contributed by atoms with Gasteiger partial charge in [-0.25, -0.2) is 9.50 Å². The molecule has 0 aliphatic carbocycles. The Morgan fingerprint density at radius 1 is 1.20 bits per heavy atom. The van der Waals surface area contributed by atoms with Crippen LogP contribution in [-0.4, -0.2) is 45.3 Å². The van der Waals surface area contributed by atoms with E-state index in [0.717, 1.165) is 43.1 Å². The summed E-state index contributed by atoms with van der Waals surface area (Å²) in [4.78, 5) is 7.21. The van der Waals surface area contributed by atoms with E-state index in [-0.39, 0.29) is 0 Å². The average Bonchev–Trinajstić information content (AvgIpc) is 3.07. The standard InChI is InChI=1S/C20H24N4O/c1-2-6-18-15-25-10-9-23(18)13-16-11-21-20-19(12-22-24(20)14-16)17-7-4-3-5-8-17/h3-5,7-8,11-12,14,18H,2,6,9-10,13,15H2,1H3/t18-/m0/s1. The number of aromatic nitrogens is 3. The van der Waals surface area contributed by atoms with Gasteiger partial charge in [0.25, 0.3) is 0 Å². The van der Waals surface area contributed by atoms with Crippen molar-refractivity contribution >= 4 is 5.65 Å². The molecule has 5 heteroatoms. The summed E-state index contributed by atoms with van der Waals surface area (Å²) in [5.41, 5.74) is 4.32. The third-order valence-corrected chi connectivity index (χ3v) is 4.85. The van der Waals surface area contributed by atoms with Crippen LogP contribution >= 0.6 is 0 Å². The second-order valence-corrected chi connectivity index (χ2v) is 6.64. The van der Waals surface area contributed by atoms with Crippen LogP contribution in [0.3, 0.4) is 0 Å². The first kappa shape index (κ1) is 16.2. The summed E-state index contributed by atoms with van der Waals surface area (Å²) in [7, 11) is 0. The van der Waals surface area contributed by atoms with E-state index >= 15 is 0 Å². The van der Waals surface area contributed by atoms with E-state index < -0.39 is 0 Å². The highest BCUT2D eigenvalue weighted by molar-refractivity contribution is 5.76. The molecule has 0 unspecified atom stereocenters. The normalized spacial score (nSPS) is 18.7. The van der Waals surface area contributed by atoms with Crippen LogP contribution in [0.2, 0.25) is 0 Å². The molecule has 0 saturated carbocycles. The summed E-state index contributed by atoms with van der Waals surface area (Å²) < 4.78 is 7.55. The first-order chi connectivity index (χ1) is 12.3. The molecule has 4 rings (SSSR count). The molecule has 0 N–H and O–H groups in total. The summed E-state index contributed by atoms with van der Waals surface area (Å²) in [6.45, 7) is 5.77. The zero-order valence-electron chi connectivity index (χ0n) is 14.6. The minimum atomic E-state index is 0.506. The molecule has 1 saturated heterocycles. The maximum atomic E-state index is 5.65. The van der Waals surface area contributed by atoms with Crippen molar-refractivity contribution in [3.05, 3.63) is 54.5 Å². The number of morpholine rings is 1. The van der Waals surface area contributed by atoms with Crippen molar-refractivity contribution in [2.45, 2.75) is 32.4 Å². The van der Waals surface area contributed by atoms with Crippen LogP contribution in [0, 0.1) is 0 Å². The molecule has 0 bridgehead atoms. The lowest BCUT2D eigenvalue weighted by atomic mass is 10.1. The first-order valence-corrected chi connectivity index (χ1v) is 9.04. The predicted octanol–water partition coefficient (Wildman–Crippen LogP) is 3.40. The van der Waals surface area contributed by atoms with Crippen molar-refractivity contribution in [1.29, 1.82) is 0 Å². The third-order valence-electron chi connectivity index (χ3n) is 4.85. The Kier molecular flexibility index (Phi) is 4.76. The van der Waals surface area contributed by atoms with E-state index in [1.807, 2.05) is 35.1 Å². The van der Waals surface area contributed by atoms with Crippen molar-refractivity contribution in [2.24, 2.45) is 0 Å². The lowest BCUT2D eigenvalue weighted by Gasteiger charge is -2.35. The number of nitrogens with zero attached hydrogens (tertiary/aromatic N) is 4. The van der Waals surface area contributed by atoms with Gasteiger partial charge in [-0.3, -0.25) is 4.90 Å². The van der Waals surface area contributed by atoms with E-state index in [2.05, 4.69) is 35.3 Å². The quantitative estimate of drug-likeness (QED) is 0.716. The van der Waals surface area contributed by atoms with E-state index in [1.54, 1.807) is 0 Å². The summed E-state index contributed by atoms with van der Waals surface area (Å²) >= 11 is 0. The highest BCUT2D eigenvalue weighted by Crippen LogP contribution is 2.23. The second kappa shape index (κ2) is 7.33. The molecule has 0 spiro atoms. The monoisotopic (exact) mass is 336 g/mol. The zero-order valence-corrected chi connectivity index (χ0v) is 14.6. The summed E-state index contributed by atoms with van der Waals surface area (Å²) in [5.74, 6) is 0. The Morgan fingerprint density at radius 2 is 2.08 bits per heavy atom. The molecule has 3 aromatic rings. The first-order valence-electron chi connectivity index (χ1n) is 9.04. The minimum absolute atomic E-state index is 0.506. The smallest absolute Gasteiger partial charge is 0.162 e. The van der Waals surface area contributed by atoms with Crippen LogP contribution in [0.4, 0.5) is 0 Å². The van der Waals surface area contributed by atoms with Crippen LogP contribution in [0.5, 0.6) is 0 Å². The minimum Gasteiger partial charge on any atom is -0.378 e. The van der Waals surface area contributed by atoms with E-state index in [9.17, 15) is 0 Å². The number of ether oxygens (including phenoxy) is 1. The van der Waals surface area contributed by atoms with Gasteiger partial charge in [0.1, 0.15) is 0 Å². The fourth-order valence-corrected chi connectivity index (χ4v) is 3.55. The molecular weight excluding hydrogens is 312 g/mol. The van der Waals surface area contributed by atoms with Gasteiger partial charge in [0.2, 0.25) is 0 Å². The van der Waals surface area contributed by atoms with E-state index in [0.29, 0.717) is 6.04 Å². The molecule has 3 heterocycles. The summed E-state index contributed by atoms with van der Waals surface area (Å²) in [6, 6.07) is 10.8. The molecule has 130 valence electrons. The third kappa shape index (κ3) is 3.43. The van der Waals surface area contributed by atoms with Gasteiger partial charge in [-0.1, -0.05) is 43.7 Å². The molecule has 5 nitrogen and oxygen atoms in total. The largest absolute Gasteiger partial charge is 0.378 e. The molecule has 25 heavy (non-hydrogen) atoms. The SMILES string of the molecule is CCC[C@H]1COCCN1Cc1cnc2c(-c3ccccc3)cnn2c1. The van der Waals surface area contributed by atoms with Crippen LogP contribution in [0.1, 0.15) is 25.3 Å². The van der Waals surface area contributed by atoms with Gasteiger partial charge in [-0.15, -0.1) is 0 Å². The Labute approximate surface area is 148 Å². The average molecular weight is 336 g/mol. The number of hydrogen-bond acceptors (Lipinski definition) is 4.